The molecule has 0 aromatic heterocycles. The molecule has 3 N–H and O–H groups in total. The predicted molar refractivity (Wildman–Crippen MR) is 172 cm³/mol. The van der Waals surface area contributed by atoms with Gasteiger partial charge in [-0.05, 0) is 148 Å². The molecule has 6 rings (SSSR count). The third-order valence-corrected chi connectivity index (χ3v) is 14.3. The molecule has 5 aliphatic rings. The molecular formula is C37H57N3O3. The van der Waals surface area contributed by atoms with Crippen molar-refractivity contribution in [1.29, 1.82) is 0 Å². The summed E-state index contributed by atoms with van der Waals surface area (Å²) in [5, 5.41) is 16.1. The van der Waals surface area contributed by atoms with Gasteiger partial charge >= 0.3 is 12.0 Å². The van der Waals surface area contributed by atoms with Crippen molar-refractivity contribution >= 4 is 12.0 Å². The molecule has 5 aliphatic carbocycles. The zero-order valence-corrected chi connectivity index (χ0v) is 27.7. The Morgan fingerprint density at radius 3 is 2.26 bits per heavy atom. The van der Waals surface area contributed by atoms with Crippen molar-refractivity contribution in [3.63, 3.8) is 0 Å². The molecule has 6 nitrogen and oxygen atoms in total. The van der Waals surface area contributed by atoms with Crippen LogP contribution in [-0.2, 0) is 0 Å². The zero-order chi connectivity index (χ0) is 30.8. The van der Waals surface area contributed by atoms with Gasteiger partial charge in [-0.15, -0.1) is 0 Å². The van der Waals surface area contributed by atoms with E-state index in [0.717, 1.165) is 37.1 Å². The average molecular weight is 592 g/mol. The number of amides is 2. The van der Waals surface area contributed by atoms with E-state index in [1.807, 2.05) is 14.1 Å². The molecule has 5 fully saturated rings. The Balaban J connectivity index is 1.19. The van der Waals surface area contributed by atoms with E-state index in [9.17, 15) is 14.7 Å². The third kappa shape index (κ3) is 5.02. The summed E-state index contributed by atoms with van der Waals surface area (Å²) in [5.74, 6) is 3.17. The van der Waals surface area contributed by atoms with Gasteiger partial charge in [0.15, 0.2) is 0 Å². The molecule has 3 unspecified atom stereocenters. The number of carboxylic acid groups (broad SMARTS) is 1. The van der Waals surface area contributed by atoms with Crippen LogP contribution in [0.3, 0.4) is 0 Å². The van der Waals surface area contributed by atoms with Crippen LogP contribution in [0.1, 0.15) is 120 Å². The van der Waals surface area contributed by atoms with Crippen LogP contribution in [0.15, 0.2) is 24.3 Å². The van der Waals surface area contributed by atoms with Gasteiger partial charge in [0.2, 0.25) is 0 Å². The van der Waals surface area contributed by atoms with E-state index >= 15 is 0 Å². The molecule has 0 spiro atoms. The van der Waals surface area contributed by atoms with Gasteiger partial charge in [-0.25, -0.2) is 9.59 Å². The van der Waals surface area contributed by atoms with Gasteiger partial charge in [-0.2, -0.15) is 0 Å². The lowest BCUT2D eigenvalue weighted by Gasteiger charge is -2.69. The van der Waals surface area contributed by atoms with Crippen LogP contribution in [0.4, 0.5) is 4.79 Å². The SMILES string of the molecule is CN(C)CCNC(=O)N[C@]12CCC[C@@H]1[C@H]1CCC3[C@@](C)(CCC4C(C)(C)[C@H](c5ccc(C(=O)O)cc5)CC[C@@]43C)C1CC2. The molecule has 9 atom stereocenters. The first-order chi connectivity index (χ1) is 20.3. The van der Waals surface area contributed by atoms with Crippen molar-refractivity contribution in [2.75, 3.05) is 27.2 Å². The molecule has 43 heavy (non-hydrogen) atoms. The number of urea groups is 1. The maximum Gasteiger partial charge on any atom is 0.335 e. The Morgan fingerprint density at radius 1 is 0.837 bits per heavy atom. The predicted octanol–water partition coefficient (Wildman–Crippen LogP) is 7.55. The van der Waals surface area contributed by atoms with Crippen molar-refractivity contribution in [3.05, 3.63) is 35.4 Å². The molecule has 0 bridgehead atoms. The summed E-state index contributed by atoms with van der Waals surface area (Å²) in [6.07, 6.45) is 13.8. The molecule has 0 aliphatic heterocycles. The summed E-state index contributed by atoms with van der Waals surface area (Å²) in [7, 11) is 4.09. The van der Waals surface area contributed by atoms with Crippen LogP contribution < -0.4 is 10.6 Å². The maximum atomic E-state index is 13.1. The number of nitrogens with zero attached hydrogens (tertiary/aromatic N) is 1. The Bertz CT molecular complexity index is 1210. The molecule has 5 saturated carbocycles. The highest BCUT2D eigenvalue weighted by atomic mass is 16.4. The first-order valence-electron chi connectivity index (χ1n) is 17.4. The van der Waals surface area contributed by atoms with E-state index in [4.69, 9.17) is 0 Å². The van der Waals surface area contributed by atoms with Gasteiger partial charge in [0.05, 0.1) is 5.56 Å². The molecule has 0 radical (unpaired) electrons. The summed E-state index contributed by atoms with van der Waals surface area (Å²) in [6, 6.07) is 7.81. The number of aromatic carboxylic acids is 1. The Hall–Kier alpha value is -2.08. The topological polar surface area (TPSA) is 81.7 Å². The number of carboxylic acids is 1. The molecule has 0 saturated heterocycles. The monoisotopic (exact) mass is 591 g/mol. The molecule has 1 aromatic carbocycles. The van der Waals surface area contributed by atoms with Crippen molar-refractivity contribution in [1.82, 2.24) is 15.5 Å². The van der Waals surface area contributed by atoms with Gasteiger partial charge in [0.25, 0.3) is 0 Å². The average Bonchev–Trinajstić information content (AvgIpc) is 3.36. The second-order valence-corrected chi connectivity index (χ2v) is 16.7. The number of nitrogens with one attached hydrogen (secondary N) is 2. The highest BCUT2D eigenvalue weighted by Gasteiger charge is 2.66. The number of fused-ring (bicyclic) bond motifs is 7. The lowest BCUT2D eigenvalue weighted by atomic mass is 9.35. The quantitative estimate of drug-likeness (QED) is 0.319. The standard InChI is InChI=1S/C37H57N3O3/c1-34(2)27(24-9-11-25(12-10-24)32(41)42)15-19-36(4)30(34)17-20-35(3)28-16-21-37(39-33(43)38-22-23-40(5)6)18-7-8-29(37)26(28)13-14-31(35)36/h9-12,26-31H,7-8,13-23H2,1-6H3,(H,41,42)(H2,38,39,43)/t26-,27-,28?,29+,30?,31?,35-,36-,37-/m0/s1. The second kappa shape index (κ2) is 11.1. The Kier molecular flexibility index (Phi) is 7.96. The van der Waals surface area contributed by atoms with Crippen LogP contribution in [0, 0.1) is 45.8 Å². The smallest absolute Gasteiger partial charge is 0.335 e. The van der Waals surface area contributed by atoms with E-state index in [-0.39, 0.29) is 17.0 Å². The molecule has 0 heterocycles. The van der Waals surface area contributed by atoms with E-state index < -0.39 is 5.97 Å². The highest BCUT2D eigenvalue weighted by Crippen LogP contribution is 2.73. The van der Waals surface area contributed by atoms with Crippen LogP contribution in [0.25, 0.3) is 0 Å². The van der Waals surface area contributed by atoms with Gasteiger partial charge in [-0.3, -0.25) is 0 Å². The lowest BCUT2D eigenvalue weighted by Crippen LogP contribution is -2.65. The molecular weight excluding hydrogens is 534 g/mol. The van der Waals surface area contributed by atoms with Gasteiger partial charge in [0.1, 0.15) is 0 Å². The Labute approximate surface area is 260 Å². The molecule has 238 valence electrons. The highest BCUT2D eigenvalue weighted by molar-refractivity contribution is 5.87. The fourth-order valence-corrected chi connectivity index (χ4v) is 12.6. The van der Waals surface area contributed by atoms with E-state index in [1.54, 1.807) is 12.1 Å². The first-order valence-corrected chi connectivity index (χ1v) is 17.4. The number of carbonyl (C=O) groups is 2. The first kappa shape index (κ1) is 30.9. The zero-order valence-electron chi connectivity index (χ0n) is 27.7. The van der Waals surface area contributed by atoms with Gasteiger partial charge in [0, 0.05) is 18.6 Å². The fourth-order valence-electron chi connectivity index (χ4n) is 12.6. The van der Waals surface area contributed by atoms with Crippen molar-refractivity contribution in [2.45, 2.75) is 110 Å². The van der Waals surface area contributed by atoms with Gasteiger partial charge < -0.3 is 20.6 Å². The van der Waals surface area contributed by atoms with E-state index in [2.05, 4.69) is 55.4 Å². The summed E-state index contributed by atoms with van der Waals surface area (Å²) in [5.41, 5.74) is 2.58. The third-order valence-electron chi connectivity index (χ3n) is 14.3. The van der Waals surface area contributed by atoms with E-state index in [1.165, 1.54) is 63.4 Å². The maximum absolute atomic E-state index is 13.1. The minimum Gasteiger partial charge on any atom is -0.478 e. The number of hydrogen-bond donors (Lipinski definition) is 3. The van der Waals surface area contributed by atoms with Crippen molar-refractivity contribution in [3.8, 4) is 0 Å². The van der Waals surface area contributed by atoms with Crippen molar-refractivity contribution in [2.24, 2.45) is 45.8 Å². The largest absolute Gasteiger partial charge is 0.478 e. The number of rotatable bonds is 6. The normalized spacial score (nSPS) is 41.4. The minimum atomic E-state index is -0.846. The molecule has 2 amide bonds. The lowest BCUT2D eigenvalue weighted by molar-refractivity contribution is -0.194. The Morgan fingerprint density at radius 2 is 1.56 bits per heavy atom. The van der Waals surface area contributed by atoms with Crippen LogP contribution in [-0.4, -0.2) is 54.7 Å². The number of carbonyl (C=O) groups excluding carboxylic acids is 1. The fraction of sp³-hybridized carbons (Fsp3) is 0.784. The number of hydrogen-bond acceptors (Lipinski definition) is 3. The summed E-state index contributed by atoms with van der Waals surface area (Å²) in [4.78, 5) is 26.6. The molecule has 1 aromatic rings. The van der Waals surface area contributed by atoms with E-state index in [0.29, 0.717) is 40.7 Å². The van der Waals surface area contributed by atoms with Crippen molar-refractivity contribution < 1.29 is 14.7 Å². The summed E-state index contributed by atoms with van der Waals surface area (Å²) < 4.78 is 0. The minimum absolute atomic E-state index is 0.0100. The number of likely N-dealkylation sites (N-methyl/N-ethyl adjacent to an activating group) is 1. The summed E-state index contributed by atoms with van der Waals surface area (Å²) in [6.45, 7) is 11.9. The van der Waals surface area contributed by atoms with Gasteiger partial charge in [-0.1, -0.05) is 46.2 Å². The molecule has 6 heteroatoms. The summed E-state index contributed by atoms with van der Waals surface area (Å²) >= 11 is 0. The number of benzene rings is 1. The van der Waals surface area contributed by atoms with Crippen LogP contribution in [0.5, 0.6) is 0 Å². The van der Waals surface area contributed by atoms with Crippen LogP contribution in [0.2, 0.25) is 0 Å². The second-order valence-electron chi connectivity index (χ2n) is 16.7. The van der Waals surface area contributed by atoms with Crippen LogP contribution >= 0.6 is 0 Å².